The van der Waals surface area contributed by atoms with Crippen molar-refractivity contribution in [1.82, 2.24) is 0 Å². The average molecular weight is 423 g/mol. The third-order valence-corrected chi connectivity index (χ3v) is 6.85. The number of epoxide rings is 1. The molecule has 168 valence electrons. The van der Waals surface area contributed by atoms with Gasteiger partial charge in [-0.3, -0.25) is 9.59 Å². The van der Waals surface area contributed by atoms with Crippen LogP contribution in [0.3, 0.4) is 0 Å². The van der Waals surface area contributed by atoms with Gasteiger partial charge in [-0.25, -0.2) is 0 Å². The van der Waals surface area contributed by atoms with Crippen molar-refractivity contribution in [2.45, 2.75) is 83.1 Å². The Morgan fingerprint density at radius 2 is 1.93 bits per heavy atom. The number of allylic oxidation sites excluding steroid dienone is 1. The number of aliphatic hydroxyl groups excluding tert-OH is 1. The van der Waals surface area contributed by atoms with E-state index in [1.165, 1.54) is 14.0 Å². The molecule has 0 bridgehead atoms. The Morgan fingerprint density at radius 1 is 1.30 bits per heavy atom. The van der Waals surface area contributed by atoms with Gasteiger partial charge in [0.15, 0.2) is 17.0 Å². The first kappa shape index (κ1) is 23.1. The second-order valence-electron chi connectivity index (χ2n) is 9.68. The van der Waals surface area contributed by atoms with Crippen LogP contribution in [0.15, 0.2) is 23.8 Å². The second-order valence-corrected chi connectivity index (χ2v) is 9.68. The number of hydrogen-bond acceptors (Lipinski definition) is 7. The minimum atomic E-state index is -1.18. The summed E-state index contributed by atoms with van der Waals surface area (Å²) in [4.78, 5) is 25.2. The van der Waals surface area contributed by atoms with Crippen LogP contribution in [0.4, 0.5) is 0 Å². The number of esters is 1. The predicted octanol–water partition coefficient (Wildman–Crippen LogP) is 1.95. The molecule has 0 radical (unpaired) electrons. The van der Waals surface area contributed by atoms with Gasteiger partial charge in [-0.05, 0) is 44.8 Å². The smallest absolute Gasteiger partial charge is 0.303 e. The fourth-order valence-corrected chi connectivity index (χ4v) is 5.33. The monoisotopic (exact) mass is 422 g/mol. The van der Waals surface area contributed by atoms with Gasteiger partial charge in [0.05, 0.1) is 11.7 Å². The summed E-state index contributed by atoms with van der Waals surface area (Å²) in [7, 11) is 1.48. The fraction of sp³-hybridized carbons (Fsp3) is 0.739. The van der Waals surface area contributed by atoms with Crippen LogP contribution >= 0.6 is 0 Å². The van der Waals surface area contributed by atoms with E-state index in [9.17, 15) is 19.8 Å². The summed E-state index contributed by atoms with van der Waals surface area (Å²) in [5.74, 6) is -1.64. The van der Waals surface area contributed by atoms with Gasteiger partial charge in [0, 0.05) is 25.9 Å². The molecule has 7 nitrogen and oxygen atoms in total. The molecule has 0 aromatic heterocycles. The van der Waals surface area contributed by atoms with E-state index in [1.54, 1.807) is 45.9 Å². The van der Waals surface area contributed by atoms with E-state index < -0.39 is 52.9 Å². The predicted molar refractivity (Wildman–Crippen MR) is 110 cm³/mol. The van der Waals surface area contributed by atoms with Crippen LogP contribution in [0, 0.1) is 17.8 Å². The lowest BCUT2D eigenvalue weighted by Gasteiger charge is -2.36. The van der Waals surface area contributed by atoms with Crippen molar-refractivity contribution in [3.8, 4) is 0 Å². The molecule has 3 aliphatic rings. The highest BCUT2D eigenvalue weighted by atomic mass is 16.7. The number of rotatable bonds is 3. The maximum absolute atomic E-state index is 13.5. The molecule has 2 aliphatic carbocycles. The number of carbonyl (C=O) groups excluding carboxylic acids is 2. The molecule has 2 N–H and O–H groups in total. The maximum atomic E-state index is 13.5. The van der Waals surface area contributed by atoms with Crippen molar-refractivity contribution in [1.29, 1.82) is 0 Å². The zero-order chi connectivity index (χ0) is 22.6. The van der Waals surface area contributed by atoms with Crippen LogP contribution in [0.1, 0.15) is 48.0 Å². The lowest BCUT2D eigenvalue weighted by Crippen LogP contribution is -2.46. The van der Waals surface area contributed by atoms with Crippen LogP contribution in [0.5, 0.6) is 0 Å². The molecule has 3 rings (SSSR count). The van der Waals surface area contributed by atoms with Crippen molar-refractivity contribution >= 4 is 11.8 Å². The molecule has 7 heteroatoms. The van der Waals surface area contributed by atoms with E-state index in [0.29, 0.717) is 12.0 Å². The molecular weight excluding hydrogens is 388 g/mol. The Bertz CT molecular complexity index is 779. The highest BCUT2D eigenvalue weighted by molar-refractivity contribution is 5.96. The Labute approximate surface area is 178 Å². The van der Waals surface area contributed by atoms with E-state index in [4.69, 9.17) is 14.2 Å². The summed E-state index contributed by atoms with van der Waals surface area (Å²) in [5.41, 5.74) is -2.83. The summed E-state index contributed by atoms with van der Waals surface area (Å²) in [5, 5.41) is 21.8. The number of carbonyl (C=O) groups is 2. The van der Waals surface area contributed by atoms with Gasteiger partial charge in [-0.1, -0.05) is 26.0 Å². The number of ether oxygens (including phenoxy) is 3. The first-order valence-electron chi connectivity index (χ1n) is 10.5. The molecule has 0 aromatic rings. The van der Waals surface area contributed by atoms with Gasteiger partial charge in [0.25, 0.3) is 0 Å². The van der Waals surface area contributed by atoms with Gasteiger partial charge in [-0.15, -0.1) is 0 Å². The minimum absolute atomic E-state index is 0.0748. The first-order valence-corrected chi connectivity index (χ1v) is 10.5. The number of aliphatic hydroxyl groups is 2. The zero-order valence-electron chi connectivity index (χ0n) is 18.8. The first-order chi connectivity index (χ1) is 13.8. The van der Waals surface area contributed by atoms with Crippen LogP contribution in [-0.2, 0) is 23.8 Å². The van der Waals surface area contributed by atoms with Gasteiger partial charge in [0.2, 0.25) is 0 Å². The zero-order valence-corrected chi connectivity index (χ0v) is 18.8. The molecule has 8 atom stereocenters. The summed E-state index contributed by atoms with van der Waals surface area (Å²) in [6.45, 7) is 10.1. The number of Topliss-reactive ketones (excluding diaryl/α,β-unsaturated/α-hetero) is 1. The Hall–Kier alpha value is -1.54. The van der Waals surface area contributed by atoms with Crippen LogP contribution < -0.4 is 0 Å². The summed E-state index contributed by atoms with van der Waals surface area (Å²) < 4.78 is 17.3. The molecule has 0 aromatic carbocycles. The molecule has 0 spiro atoms. The summed E-state index contributed by atoms with van der Waals surface area (Å²) in [6, 6.07) is 0. The number of hydrogen-bond donors (Lipinski definition) is 2. The minimum Gasteiger partial charge on any atom is -0.459 e. The van der Waals surface area contributed by atoms with E-state index in [1.807, 2.05) is 6.92 Å². The van der Waals surface area contributed by atoms with E-state index in [0.717, 1.165) is 0 Å². The lowest BCUT2D eigenvalue weighted by atomic mass is 9.81. The number of ketones is 1. The van der Waals surface area contributed by atoms with Crippen LogP contribution in [0.25, 0.3) is 0 Å². The molecule has 2 unspecified atom stereocenters. The topological polar surface area (TPSA) is 106 Å². The second kappa shape index (κ2) is 7.55. The molecular formula is C23H34O7. The Morgan fingerprint density at radius 3 is 2.47 bits per heavy atom. The standard InChI is InChI=1S/C23H34O7/c1-12-8-9-16(21(5,6)27)18(28-7)17(25)13(2)10-23-20(29-15(4)24)14(3)11-22(23,30-23)19(12)26/h8-10,12,14,16-18,20,25,27H,11H2,1-7H3/b9-8-,13-10+/t12-,14+,16?,17-,18?,20+,22+,23+/m1/s1. The third-order valence-electron chi connectivity index (χ3n) is 6.85. The van der Waals surface area contributed by atoms with Gasteiger partial charge in [-0.2, -0.15) is 0 Å². The highest BCUT2D eigenvalue weighted by Crippen LogP contribution is 2.65. The van der Waals surface area contributed by atoms with E-state index in [-0.39, 0.29) is 11.7 Å². The molecule has 2 fully saturated rings. The van der Waals surface area contributed by atoms with Gasteiger partial charge < -0.3 is 24.4 Å². The molecule has 1 heterocycles. The van der Waals surface area contributed by atoms with Crippen molar-refractivity contribution < 1.29 is 34.0 Å². The van der Waals surface area contributed by atoms with Crippen LogP contribution in [-0.4, -0.2) is 64.2 Å². The molecule has 0 amide bonds. The normalized spacial score (nSPS) is 46.7. The van der Waals surface area contributed by atoms with Crippen LogP contribution in [0.2, 0.25) is 0 Å². The highest BCUT2D eigenvalue weighted by Gasteiger charge is 2.82. The third kappa shape index (κ3) is 3.45. The van der Waals surface area contributed by atoms with Gasteiger partial charge >= 0.3 is 5.97 Å². The molecule has 1 saturated heterocycles. The number of methoxy groups -OCH3 is 1. The van der Waals surface area contributed by atoms with E-state index in [2.05, 4.69) is 0 Å². The van der Waals surface area contributed by atoms with Crippen molar-refractivity contribution in [2.24, 2.45) is 17.8 Å². The Balaban J connectivity index is 2.14. The lowest BCUT2D eigenvalue weighted by molar-refractivity contribution is -0.151. The molecule has 1 saturated carbocycles. The maximum Gasteiger partial charge on any atom is 0.303 e. The Kier molecular flexibility index (Phi) is 5.82. The SMILES string of the molecule is COC1C(C(C)(C)O)/C=C\[C@@H](C)C(=O)[C@@]23C[C@H](C)[C@H](OC(C)=O)[C@]2(/C=C(\C)[C@H]1O)O3. The van der Waals surface area contributed by atoms with E-state index >= 15 is 0 Å². The summed E-state index contributed by atoms with van der Waals surface area (Å²) in [6.07, 6.45) is 3.25. The largest absolute Gasteiger partial charge is 0.459 e. The van der Waals surface area contributed by atoms with Crippen molar-refractivity contribution in [3.63, 3.8) is 0 Å². The molecule has 1 aliphatic heterocycles. The average Bonchev–Trinajstić information content (AvgIpc) is 3.21. The van der Waals surface area contributed by atoms with Crippen molar-refractivity contribution in [2.75, 3.05) is 7.11 Å². The molecule has 30 heavy (non-hydrogen) atoms. The quantitative estimate of drug-likeness (QED) is 0.407. The summed E-state index contributed by atoms with van der Waals surface area (Å²) >= 11 is 0. The van der Waals surface area contributed by atoms with Crippen molar-refractivity contribution in [3.05, 3.63) is 23.8 Å². The van der Waals surface area contributed by atoms with Gasteiger partial charge in [0.1, 0.15) is 12.2 Å². The fourth-order valence-electron chi connectivity index (χ4n) is 5.33.